The van der Waals surface area contributed by atoms with Gasteiger partial charge in [-0.1, -0.05) is 28.1 Å². The van der Waals surface area contributed by atoms with Crippen LogP contribution in [0.3, 0.4) is 0 Å². The van der Waals surface area contributed by atoms with Gasteiger partial charge >= 0.3 is 0 Å². The molecule has 13 heteroatoms. The molecule has 1 saturated carbocycles. The fourth-order valence-corrected chi connectivity index (χ4v) is 6.40. The molecule has 0 saturated heterocycles. The zero-order valence-electron chi connectivity index (χ0n) is 23.4. The maximum absolute atomic E-state index is 14.1. The lowest BCUT2D eigenvalue weighted by atomic mass is 9.99. The molecule has 41 heavy (non-hydrogen) atoms. The Morgan fingerprint density at radius 2 is 1.98 bits per heavy atom. The summed E-state index contributed by atoms with van der Waals surface area (Å²) in [5, 5.41) is 0.534. The summed E-state index contributed by atoms with van der Waals surface area (Å²) in [6.07, 6.45) is 4.48. The van der Waals surface area contributed by atoms with Crippen LogP contribution >= 0.6 is 27.3 Å². The molecule has 1 aromatic carbocycles. The molecule has 1 fully saturated rings. The summed E-state index contributed by atoms with van der Waals surface area (Å²) in [5.74, 6) is -0.278. The Bertz CT molecular complexity index is 1530. The first kappa shape index (κ1) is 31.1. The highest BCUT2D eigenvalue weighted by atomic mass is 79.9. The Morgan fingerprint density at radius 3 is 2.56 bits per heavy atom. The molecular weight excluding hydrogens is 630 g/mol. The smallest absolute Gasteiger partial charge is 0.284 e. The number of pyridine rings is 1. The van der Waals surface area contributed by atoms with Crippen molar-refractivity contribution < 1.29 is 22.7 Å². The van der Waals surface area contributed by atoms with Crippen LogP contribution in [0.4, 0.5) is 0 Å². The zero-order chi connectivity index (χ0) is 30.0. The number of hydrogen-bond acceptors (Lipinski definition) is 9. The first-order valence-electron chi connectivity index (χ1n) is 13.1. The first-order valence-corrected chi connectivity index (χ1v) is 16.2. The van der Waals surface area contributed by atoms with Crippen LogP contribution in [0.25, 0.3) is 0 Å². The molecule has 2 heterocycles. The van der Waals surface area contributed by atoms with Crippen LogP contribution in [-0.4, -0.2) is 53.6 Å². The number of methoxy groups -OCH3 is 1. The molecule has 0 aliphatic heterocycles. The van der Waals surface area contributed by atoms with Gasteiger partial charge in [-0.2, -0.15) is 0 Å². The maximum atomic E-state index is 14.1. The van der Waals surface area contributed by atoms with E-state index in [0.29, 0.717) is 40.7 Å². The van der Waals surface area contributed by atoms with Crippen molar-refractivity contribution in [2.24, 2.45) is 5.73 Å². The van der Waals surface area contributed by atoms with Crippen molar-refractivity contribution in [3.8, 4) is 5.75 Å². The molecule has 2 aromatic heterocycles. The van der Waals surface area contributed by atoms with E-state index in [0.717, 1.165) is 22.9 Å². The number of amides is 2. The first-order chi connectivity index (χ1) is 19.3. The van der Waals surface area contributed by atoms with Crippen LogP contribution in [0.2, 0.25) is 0 Å². The molecule has 1 aliphatic rings. The molecule has 1 aliphatic carbocycles. The van der Waals surface area contributed by atoms with Gasteiger partial charge in [0.2, 0.25) is 5.91 Å². The number of ether oxygens (including phenoxy) is 1. The number of aryl methyl sites for hydroxylation is 2. The Hall–Kier alpha value is -2.87. The summed E-state index contributed by atoms with van der Waals surface area (Å²) in [6, 6.07) is 11.7. The fourth-order valence-electron chi connectivity index (χ4n) is 4.41. The second-order valence-electron chi connectivity index (χ2n) is 10.7. The molecule has 0 radical (unpaired) electrons. The van der Waals surface area contributed by atoms with Gasteiger partial charge in [0.25, 0.3) is 15.9 Å². The summed E-state index contributed by atoms with van der Waals surface area (Å²) < 4.78 is 33.1. The van der Waals surface area contributed by atoms with Crippen molar-refractivity contribution >= 4 is 49.1 Å². The van der Waals surface area contributed by atoms with E-state index in [2.05, 4.69) is 32.0 Å². The number of aromatic nitrogens is 2. The van der Waals surface area contributed by atoms with E-state index >= 15 is 0 Å². The average molecular weight is 665 g/mol. The Labute approximate surface area is 252 Å². The fraction of sp³-hybridized carbons (Fsp3) is 0.429. The van der Waals surface area contributed by atoms with E-state index in [9.17, 15) is 18.0 Å². The predicted molar refractivity (Wildman–Crippen MR) is 161 cm³/mol. The third-order valence-electron chi connectivity index (χ3n) is 6.99. The Balaban J connectivity index is 1.56. The largest absolute Gasteiger partial charge is 0.495 e. The SMILES string of the molecule is COc1ccc(C2(C(=O)N(CCCc3cccc(Br)c3)Cc3nc(C(=O)NS(=O)(=O)C(C)(C)N)c(C)s3)CC2)nc1. The van der Waals surface area contributed by atoms with Gasteiger partial charge < -0.3 is 15.4 Å². The molecule has 220 valence electrons. The number of nitrogens with two attached hydrogens (primary N) is 1. The molecule has 0 atom stereocenters. The number of sulfonamides is 1. The lowest BCUT2D eigenvalue weighted by Gasteiger charge is -2.27. The molecule has 0 unspecified atom stereocenters. The number of halogens is 1. The summed E-state index contributed by atoms with van der Waals surface area (Å²) in [4.78, 5) is 36.5. The number of carbonyl (C=O) groups excluding carboxylic acids is 2. The minimum Gasteiger partial charge on any atom is -0.495 e. The zero-order valence-corrected chi connectivity index (χ0v) is 26.7. The van der Waals surface area contributed by atoms with E-state index in [1.807, 2.05) is 29.0 Å². The van der Waals surface area contributed by atoms with E-state index in [1.54, 1.807) is 31.2 Å². The monoisotopic (exact) mass is 663 g/mol. The van der Waals surface area contributed by atoms with Gasteiger partial charge in [0.1, 0.15) is 21.3 Å². The van der Waals surface area contributed by atoms with E-state index in [4.69, 9.17) is 10.5 Å². The minimum absolute atomic E-state index is 0.00249. The lowest BCUT2D eigenvalue weighted by molar-refractivity contribution is -0.134. The summed E-state index contributed by atoms with van der Waals surface area (Å²) >= 11 is 4.76. The summed E-state index contributed by atoms with van der Waals surface area (Å²) in [5.41, 5.74) is 6.84. The second kappa shape index (κ2) is 12.2. The van der Waals surface area contributed by atoms with Crippen molar-refractivity contribution in [1.82, 2.24) is 19.6 Å². The molecule has 3 N–H and O–H groups in total. The summed E-state index contributed by atoms with van der Waals surface area (Å²) in [6.45, 7) is 4.94. The number of rotatable bonds is 12. The van der Waals surface area contributed by atoms with Crippen molar-refractivity contribution in [3.05, 3.63) is 73.9 Å². The van der Waals surface area contributed by atoms with Crippen LogP contribution in [0.15, 0.2) is 47.1 Å². The highest BCUT2D eigenvalue weighted by molar-refractivity contribution is 9.10. The summed E-state index contributed by atoms with van der Waals surface area (Å²) in [7, 11) is -2.55. The van der Waals surface area contributed by atoms with Crippen LogP contribution in [0.5, 0.6) is 5.75 Å². The minimum atomic E-state index is -4.12. The predicted octanol–water partition coefficient (Wildman–Crippen LogP) is 4.07. The van der Waals surface area contributed by atoms with Crippen molar-refractivity contribution in [2.45, 2.75) is 63.3 Å². The lowest BCUT2D eigenvalue weighted by Crippen LogP contribution is -2.50. The third kappa shape index (κ3) is 7.14. The molecule has 4 rings (SSSR count). The van der Waals surface area contributed by atoms with E-state index in [1.165, 1.54) is 25.2 Å². The third-order valence-corrected chi connectivity index (χ3v) is 10.3. The number of hydrogen-bond donors (Lipinski definition) is 2. The molecule has 0 spiro atoms. The van der Waals surface area contributed by atoms with Gasteiger partial charge in [0.15, 0.2) is 0 Å². The van der Waals surface area contributed by atoms with Gasteiger partial charge in [-0.15, -0.1) is 11.3 Å². The van der Waals surface area contributed by atoms with Crippen LogP contribution < -0.4 is 15.2 Å². The van der Waals surface area contributed by atoms with Crippen LogP contribution in [0.1, 0.15) is 64.7 Å². The van der Waals surface area contributed by atoms with Crippen molar-refractivity contribution in [2.75, 3.05) is 13.7 Å². The Kier molecular flexibility index (Phi) is 9.22. The molecular formula is C28H34BrN5O5S2. The molecule has 3 aromatic rings. The van der Waals surface area contributed by atoms with Gasteiger partial charge in [0, 0.05) is 15.9 Å². The number of nitrogens with one attached hydrogen (secondary N) is 1. The van der Waals surface area contributed by atoms with Gasteiger partial charge in [-0.3, -0.25) is 14.6 Å². The number of carbonyl (C=O) groups is 2. The van der Waals surface area contributed by atoms with Gasteiger partial charge in [-0.25, -0.2) is 18.1 Å². The molecule has 2 amide bonds. The van der Waals surface area contributed by atoms with E-state index in [-0.39, 0.29) is 18.1 Å². The van der Waals surface area contributed by atoms with Gasteiger partial charge in [0.05, 0.1) is 31.0 Å². The number of nitrogens with zero attached hydrogens (tertiary/aromatic N) is 3. The topological polar surface area (TPSA) is 145 Å². The quantitative estimate of drug-likeness (QED) is 0.295. The highest BCUT2D eigenvalue weighted by Crippen LogP contribution is 2.49. The standard InChI is InChI=1S/C28H34BrN5O5S2/c1-18-24(25(35)33-41(37,38)27(2,3)30)32-23(40-18)17-34(14-6-8-19-7-5-9-20(29)15-19)26(36)28(12-13-28)22-11-10-21(39-4)16-31-22/h5,7,9-11,15-16H,6,8,12-14,17,30H2,1-4H3,(H,33,35). The van der Waals surface area contributed by atoms with Crippen LogP contribution in [-0.2, 0) is 33.2 Å². The second-order valence-corrected chi connectivity index (χ2v) is 15.1. The number of thiazole rings is 1. The molecule has 10 nitrogen and oxygen atoms in total. The van der Waals surface area contributed by atoms with Crippen molar-refractivity contribution in [1.29, 1.82) is 0 Å². The number of benzene rings is 1. The average Bonchev–Trinajstić information content (AvgIpc) is 3.63. The van der Waals surface area contributed by atoms with Crippen LogP contribution in [0, 0.1) is 6.92 Å². The molecule has 0 bridgehead atoms. The maximum Gasteiger partial charge on any atom is 0.284 e. The van der Waals surface area contributed by atoms with E-state index < -0.39 is 26.2 Å². The normalized spacial score (nSPS) is 14.4. The van der Waals surface area contributed by atoms with Gasteiger partial charge in [-0.05, 0) is 76.3 Å². The van der Waals surface area contributed by atoms with Crippen molar-refractivity contribution in [3.63, 3.8) is 0 Å². The highest BCUT2D eigenvalue weighted by Gasteiger charge is 2.54. The Morgan fingerprint density at radius 1 is 1.24 bits per heavy atom.